The monoisotopic (exact) mass is 435 g/mol. The normalized spacial score (nSPS) is 18.3. The molecule has 0 aromatic rings. The number of halogens is 1. The van der Waals surface area contributed by atoms with Crippen molar-refractivity contribution in [2.75, 3.05) is 46.8 Å². The third kappa shape index (κ3) is 5.67. The van der Waals surface area contributed by atoms with Gasteiger partial charge in [0.2, 0.25) is 11.8 Å². The number of likely N-dealkylation sites (N-methyl/N-ethyl adjacent to an activating group) is 1. The Morgan fingerprint density at radius 3 is 2.65 bits per heavy atom. The van der Waals surface area contributed by atoms with Crippen LogP contribution in [-0.2, 0) is 9.59 Å². The summed E-state index contributed by atoms with van der Waals surface area (Å²) in [5.41, 5.74) is 0. The number of hydrogen-bond donors (Lipinski definition) is 1. The van der Waals surface area contributed by atoms with Gasteiger partial charge in [-0.2, -0.15) is 0 Å². The standard InChI is InChI=1S/C15H25N5O2.HI/c1-4-7-16-15(17-10-13(21)18(2)3)19-8-9-20(12-5-6-12)14(22)11-19;/h4,12H,1,5-11H2,2-3H3,(H,16,17);1H. The van der Waals surface area contributed by atoms with Crippen molar-refractivity contribution >= 4 is 41.8 Å². The lowest BCUT2D eigenvalue weighted by Crippen LogP contribution is -2.55. The molecule has 0 aromatic carbocycles. The van der Waals surface area contributed by atoms with E-state index in [2.05, 4.69) is 16.9 Å². The van der Waals surface area contributed by atoms with Crippen molar-refractivity contribution in [2.24, 2.45) is 4.99 Å². The van der Waals surface area contributed by atoms with E-state index in [0.29, 0.717) is 25.1 Å². The van der Waals surface area contributed by atoms with Crippen molar-refractivity contribution in [2.45, 2.75) is 18.9 Å². The van der Waals surface area contributed by atoms with E-state index in [1.54, 1.807) is 20.2 Å². The molecule has 1 saturated heterocycles. The van der Waals surface area contributed by atoms with Crippen LogP contribution >= 0.6 is 24.0 Å². The number of amides is 2. The Kier molecular flexibility index (Phi) is 7.80. The first-order valence-electron chi connectivity index (χ1n) is 7.66. The predicted octanol–water partition coefficient (Wildman–Crippen LogP) is 0.131. The zero-order valence-corrected chi connectivity index (χ0v) is 16.2. The molecular formula is C15H26IN5O2. The highest BCUT2D eigenvalue weighted by Gasteiger charge is 2.36. The van der Waals surface area contributed by atoms with Gasteiger partial charge >= 0.3 is 0 Å². The Balaban J connectivity index is 0.00000264. The summed E-state index contributed by atoms with van der Waals surface area (Å²) in [6.07, 6.45) is 3.98. The van der Waals surface area contributed by atoms with Crippen molar-refractivity contribution < 1.29 is 9.59 Å². The maximum atomic E-state index is 12.2. The van der Waals surface area contributed by atoms with Crippen LogP contribution in [0.1, 0.15) is 12.8 Å². The molecule has 0 spiro atoms. The van der Waals surface area contributed by atoms with Crippen LogP contribution < -0.4 is 5.32 Å². The van der Waals surface area contributed by atoms with E-state index in [-0.39, 0.29) is 42.3 Å². The molecule has 0 radical (unpaired) electrons. The number of aliphatic imine (C=N–C) groups is 1. The van der Waals surface area contributed by atoms with E-state index >= 15 is 0 Å². The fraction of sp³-hybridized carbons (Fsp3) is 0.667. The van der Waals surface area contributed by atoms with Gasteiger partial charge in [0.05, 0.1) is 6.54 Å². The molecule has 1 N–H and O–H groups in total. The molecule has 8 heteroatoms. The number of nitrogens with one attached hydrogen (secondary N) is 1. The molecule has 1 saturated carbocycles. The molecule has 2 amide bonds. The molecule has 0 bridgehead atoms. The quantitative estimate of drug-likeness (QED) is 0.289. The van der Waals surface area contributed by atoms with E-state index in [4.69, 9.17) is 0 Å². The van der Waals surface area contributed by atoms with Gasteiger partial charge in [-0.15, -0.1) is 30.6 Å². The molecule has 2 fully saturated rings. The molecule has 1 aliphatic heterocycles. The largest absolute Gasteiger partial charge is 0.353 e. The molecule has 0 unspecified atom stereocenters. The number of carbonyl (C=O) groups excluding carboxylic acids is 2. The summed E-state index contributed by atoms with van der Waals surface area (Å²) in [6, 6.07) is 0.450. The van der Waals surface area contributed by atoms with Gasteiger partial charge in [-0.05, 0) is 12.8 Å². The molecule has 1 heterocycles. The Labute approximate surface area is 154 Å². The topological polar surface area (TPSA) is 68.2 Å². The third-order valence-electron chi connectivity index (χ3n) is 3.81. The van der Waals surface area contributed by atoms with Gasteiger partial charge in [0.1, 0.15) is 6.54 Å². The highest BCUT2D eigenvalue weighted by molar-refractivity contribution is 14.0. The average Bonchev–Trinajstić information content (AvgIpc) is 3.31. The van der Waals surface area contributed by atoms with Crippen LogP contribution in [0.25, 0.3) is 0 Å². The van der Waals surface area contributed by atoms with Crippen LogP contribution in [0, 0.1) is 0 Å². The predicted molar refractivity (Wildman–Crippen MR) is 101 cm³/mol. The zero-order valence-electron chi connectivity index (χ0n) is 13.8. The van der Waals surface area contributed by atoms with Gasteiger partial charge in [0.25, 0.3) is 0 Å². The average molecular weight is 435 g/mol. The van der Waals surface area contributed by atoms with Gasteiger partial charge < -0.3 is 20.0 Å². The molecule has 0 atom stereocenters. The second-order valence-corrected chi connectivity index (χ2v) is 5.84. The lowest BCUT2D eigenvalue weighted by atomic mass is 10.3. The van der Waals surface area contributed by atoms with Crippen molar-refractivity contribution in [3.05, 3.63) is 12.7 Å². The number of nitrogens with zero attached hydrogens (tertiary/aromatic N) is 4. The number of piperazine rings is 1. The first kappa shape index (κ1) is 19.7. The summed E-state index contributed by atoms with van der Waals surface area (Å²) < 4.78 is 0. The highest BCUT2D eigenvalue weighted by Crippen LogP contribution is 2.27. The van der Waals surface area contributed by atoms with Gasteiger partial charge in [-0.3, -0.25) is 9.59 Å². The first-order valence-corrected chi connectivity index (χ1v) is 7.66. The molecule has 0 aromatic heterocycles. The maximum absolute atomic E-state index is 12.2. The molecular weight excluding hydrogens is 409 g/mol. The van der Waals surface area contributed by atoms with Crippen LogP contribution in [0.4, 0.5) is 0 Å². The second kappa shape index (κ2) is 9.09. The second-order valence-electron chi connectivity index (χ2n) is 5.84. The number of carbonyl (C=O) groups is 2. The zero-order chi connectivity index (χ0) is 16.1. The number of rotatable bonds is 5. The minimum Gasteiger partial charge on any atom is -0.353 e. The summed E-state index contributed by atoms with van der Waals surface area (Å²) in [6.45, 7) is 6.07. The number of guanidine groups is 1. The third-order valence-corrected chi connectivity index (χ3v) is 3.81. The minimum absolute atomic E-state index is 0. The van der Waals surface area contributed by atoms with Crippen molar-refractivity contribution in [1.82, 2.24) is 20.0 Å². The minimum atomic E-state index is -0.0687. The Bertz CT molecular complexity index is 476. The van der Waals surface area contributed by atoms with Crippen LogP contribution in [0.2, 0.25) is 0 Å². The van der Waals surface area contributed by atoms with E-state index in [1.807, 2.05) is 9.80 Å². The first-order chi connectivity index (χ1) is 10.5. The van der Waals surface area contributed by atoms with E-state index in [9.17, 15) is 9.59 Å². The lowest BCUT2D eigenvalue weighted by molar-refractivity contribution is -0.135. The molecule has 1 aliphatic carbocycles. The van der Waals surface area contributed by atoms with Crippen LogP contribution in [0.15, 0.2) is 17.6 Å². The van der Waals surface area contributed by atoms with Crippen molar-refractivity contribution in [1.29, 1.82) is 0 Å². The summed E-state index contributed by atoms with van der Waals surface area (Å²) in [5, 5.41) is 3.13. The smallest absolute Gasteiger partial charge is 0.243 e. The van der Waals surface area contributed by atoms with Crippen LogP contribution in [0.5, 0.6) is 0 Å². The van der Waals surface area contributed by atoms with Crippen LogP contribution in [0.3, 0.4) is 0 Å². The molecule has 23 heavy (non-hydrogen) atoms. The maximum Gasteiger partial charge on any atom is 0.243 e. The van der Waals surface area contributed by atoms with Gasteiger partial charge in [-0.1, -0.05) is 6.08 Å². The summed E-state index contributed by atoms with van der Waals surface area (Å²) in [7, 11) is 3.40. The highest BCUT2D eigenvalue weighted by atomic mass is 127. The fourth-order valence-corrected chi connectivity index (χ4v) is 2.35. The molecule has 130 valence electrons. The fourth-order valence-electron chi connectivity index (χ4n) is 2.35. The Hall–Kier alpha value is -1.32. The summed E-state index contributed by atoms with van der Waals surface area (Å²) in [4.78, 5) is 33.6. The molecule has 2 rings (SSSR count). The van der Waals surface area contributed by atoms with Gasteiger partial charge in [-0.25, -0.2) is 4.99 Å². The molecule has 2 aliphatic rings. The van der Waals surface area contributed by atoms with Crippen molar-refractivity contribution in [3.63, 3.8) is 0 Å². The SMILES string of the molecule is C=CCNC(=NCC(=O)N(C)C)N1CCN(C2CC2)C(=O)C1.I. The Morgan fingerprint density at radius 2 is 2.13 bits per heavy atom. The van der Waals surface area contributed by atoms with Gasteiger partial charge in [0, 0.05) is 39.8 Å². The van der Waals surface area contributed by atoms with Gasteiger partial charge in [0.15, 0.2) is 5.96 Å². The van der Waals surface area contributed by atoms with Crippen molar-refractivity contribution in [3.8, 4) is 0 Å². The molecule has 7 nitrogen and oxygen atoms in total. The lowest BCUT2D eigenvalue weighted by Gasteiger charge is -2.36. The summed E-state index contributed by atoms with van der Waals surface area (Å²) >= 11 is 0. The number of hydrogen-bond acceptors (Lipinski definition) is 3. The van der Waals surface area contributed by atoms with E-state index in [1.165, 1.54) is 4.90 Å². The van der Waals surface area contributed by atoms with E-state index in [0.717, 1.165) is 25.9 Å². The summed E-state index contributed by atoms with van der Waals surface area (Å²) in [5.74, 6) is 0.667. The Morgan fingerprint density at radius 1 is 1.43 bits per heavy atom. The van der Waals surface area contributed by atoms with E-state index < -0.39 is 0 Å². The van der Waals surface area contributed by atoms with Crippen LogP contribution in [-0.4, -0.2) is 85.3 Å².